The average Bonchev–Trinajstić information content (AvgIpc) is 2.76. The standard InChI is InChI=1S/C15H29N3O2S/c1-7-16-9-13-8-14(10-18(13)6)21(19,20)17-11-15(4,5)12(2)3/h8,10,12,16-17H,7,9,11H2,1-6H3. The monoisotopic (exact) mass is 315 g/mol. The molecule has 0 unspecified atom stereocenters. The van der Waals surface area contributed by atoms with Gasteiger partial charge in [-0.15, -0.1) is 0 Å². The van der Waals surface area contributed by atoms with Crippen LogP contribution in [0, 0.1) is 11.3 Å². The SMILES string of the molecule is CCNCc1cc(S(=O)(=O)NCC(C)(C)C(C)C)cn1C. The first-order valence-corrected chi connectivity index (χ1v) is 8.94. The summed E-state index contributed by atoms with van der Waals surface area (Å²) in [5, 5.41) is 3.21. The van der Waals surface area contributed by atoms with Crippen molar-refractivity contribution in [1.29, 1.82) is 0 Å². The predicted molar refractivity (Wildman–Crippen MR) is 86.6 cm³/mol. The third kappa shape index (κ3) is 4.83. The van der Waals surface area contributed by atoms with Gasteiger partial charge in [0.1, 0.15) is 0 Å². The highest BCUT2D eigenvalue weighted by molar-refractivity contribution is 7.89. The van der Waals surface area contributed by atoms with E-state index in [9.17, 15) is 8.42 Å². The molecule has 6 heteroatoms. The van der Waals surface area contributed by atoms with Gasteiger partial charge < -0.3 is 9.88 Å². The number of hydrogen-bond donors (Lipinski definition) is 2. The van der Waals surface area contributed by atoms with Crippen molar-refractivity contribution < 1.29 is 8.42 Å². The van der Waals surface area contributed by atoms with Gasteiger partial charge in [0, 0.05) is 32.0 Å². The lowest BCUT2D eigenvalue weighted by Gasteiger charge is -2.29. The summed E-state index contributed by atoms with van der Waals surface area (Å²) >= 11 is 0. The first-order valence-electron chi connectivity index (χ1n) is 7.45. The van der Waals surface area contributed by atoms with Crippen molar-refractivity contribution in [2.45, 2.75) is 46.1 Å². The molecule has 0 spiro atoms. The van der Waals surface area contributed by atoms with Gasteiger partial charge in [-0.1, -0.05) is 34.6 Å². The summed E-state index contributed by atoms with van der Waals surface area (Å²) in [6, 6.07) is 1.73. The van der Waals surface area contributed by atoms with Gasteiger partial charge in [0.05, 0.1) is 4.90 Å². The van der Waals surface area contributed by atoms with Crippen molar-refractivity contribution in [3.63, 3.8) is 0 Å². The summed E-state index contributed by atoms with van der Waals surface area (Å²) < 4.78 is 29.4. The molecule has 0 saturated heterocycles. The number of nitrogens with one attached hydrogen (secondary N) is 2. The molecule has 0 fully saturated rings. The molecule has 1 aromatic rings. The average molecular weight is 315 g/mol. The third-order valence-corrected chi connectivity index (χ3v) is 5.60. The maximum Gasteiger partial charge on any atom is 0.242 e. The normalized spacial score (nSPS) is 13.1. The Morgan fingerprint density at radius 2 is 1.95 bits per heavy atom. The van der Waals surface area contributed by atoms with Gasteiger partial charge in [-0.25, -0.2) is 13.1 Å². The molecule has 0 bridgehead atoms. The minimum absolute atomic E-state index is 0.0750. The fraction of sp³-hybridized carbons (Fsp3) is 0.733. The molecule has 21 heavy (non-hydrogen) atoms. The molecule has 0 aliphatic carbocycles. The second-order valence-electron chi connectivity index (χ2n) is 6.53. The van der Waals surface area contributed by atoms with Crippen molar-refractivity contribution in [3.8, 4) is 0 Å². The first kappa shape index (κ1) is 18.2. The quantitative estimate of drug-likeness (QED) is 0.772. The van der Waals surface area contributed by atoms with E-state index in [1.807, 2.05) is 18.5 Å². The maximum absolute atomic E-state index is 12.4. The molecule has 0 aliphatic rings. The zero-order valence-corrected chi connectivity index (χ0v) is 14.8. The lowest BCUT2D eigenvalue weighted by Crippen LogP contribution is -2.36. The zero-order chi connectivity index (χ0) is 16.3. The van der Waals surface area contributed by atoms with Crippen LogP contribution in [0.25, 0.3) is 0 Å². The lowest BCUT2D eigenvalue weighted by atomic mass is 9.81. The first-order chi connectivity index (χ1) is 9.60. The van der Waals surface area contributed by atoms with Crippen molar-refractivity contribution >= 4 is 10.0 Å². The van der Waals surface area contributed by atoms with Crippen LogP contribution in [0.4, 0.5) is 0 Å². The minimum Gasteiger partial charge on any atom is -0.352 e. The Kier molecular flexibility index (Phi) is 6.01. The van der Waals surface area contributed by atoms with Gasteiger partial charge in [0.15, 0.2) is 0 Å². The van der Waals surface area contributed by atoms with E-state index >= 15 is 0 Å². The van der Waals surface area contributed by atoms with Gasteiger partial charge in [-0.2, -0.15) is 0 Å². The third-order valence-electron chi connectivity index (χ3n) is 4.23. The maximum atomic E-state index is 12.4. The molecule has 1 aromatic heterocycles. The van der Waals surface area contributed by atoms with Crippen molar-refractivity contribution in [3.05, 3.63) is 18.0 Å². The Morgan fingerprint density at radius 3 is 2.48 bits per heavy atom. The Morgan fingerprint density at radius 1 is 1.33 bits per heavy atom. The number of nitrogens with zero attached hydrogens (tertiary/aromatic N) is 1. The van der Waals surface area contributed by atoms with Gasteiger partial charge >= 0.3 is 0 Å². The molecule has 2 N–H and O–H groups in total. The second-order valence-corrected chi connectivity index (χ2v) is 8.29. The Bertz CT molecular complexity index is 559. The molecule has 1 heterocycles. The van der Waals surface area contributed by atoms with E-state index in [1.54, 1.807) is 12.3 Å². The van der Waals surface area contributed by atoms with E-state index < -0.39 is 10.0 Å². The molecule has 5 nitrogen and oxygen atoms in total. The smallest absolute Gasteiger partial charge is 0.242 e. The number of aromatic nitrogens is 1. The molecule has 0 saturated carbocycles. The van der Waals surface area contributed by atoms with Crippen molar-refractivity contribution in [1.82, 2.24) is 14.6 Å². The fourth-order valence-electron chi connectivity index (χ4n) is 1.72. The van der Waals surface area contributed by atoms with Crippen LogP contribution >= 0.6 is 0 Å². The molecule has 0 amide bonds. The van der Waals surface area contributed by atoms with Crippen LogP contribution in [0.2, 0.25) is 0 Å². The van der Waals surface area contributed by atoms with E-state index in [-0.39, 0.29) is 5.41 Å². The largest absolute Gasteiger partial charge is 0.352 e. The summed E-state index contributed by atoms with van der Waals surface area (Å²) in [5.41, 5.74) is 0.884. The van der Waals surface area contributed by atoms with Gasteiger partial charge in [-0.05, 0) is 23.9 Å². The van der Waals surface area contributed by atoms with Crippen molar-refractivity contribution in [2.24, 2.45) is 18.4 Å². The molecule has 1 rings (SSSR count). The molecular formula is C15H29N3O2S. The zero-order valence-electron chi connectivity index (χ0n) is 14.0. The number of hydrogen-bond acceptors (Lipinski definition) is 3. The summed E-state index contributed by atoms with van der Waals surface area (Å²) in [6.45, 7) is 12.3. The van der Waals surface area contributed by atoms with E-state index in [0.29, 0.717) is 23.9 Å². The van der Waals surface area contributed by atoms with Crippen LogP contribution in [0.5, 0.6) is 0 Å². The number of sulfonamides is 1. The highest BCUT2D eigenvalue weighted by atomic mass is 32.2. The van der Waals surface area contributed by atoms with Crippen LogP contribution in [0.1, 0.15) is 40.3 Å². The molecular weight excluding hydrogens is 286 g/mol. The number of rotatable bonds is 8. The van der Waals surface area contributed by atoms with Crippen LogP contribution in [0.3, 0.4) is 0 Å². The van der Waals surface area contributed by atoms with Crippen LogP contribution < -0.4 is 10.0 Å². The fourth-order valence-corrected chi connectivity index (χ4v) is 3.04. The molecule has 0 aliphatic heterocycles. The van der Waals surface area contributed by atoms with E-state index in [1.165, 1.54) is 0 Å². The Hall–Kier alpha value is -0.850. The summed E-state index contributed by atoms with van der Waals surface area (Å²) in [7, 11) is -1.59. The van der Waals surface area contributed by atoms with Gasteiger partial charge in [0.2, 0.25) is 10.0 Å². The highest BCUT2D eigenvalue weighted by Crippen LogP contribution is 2.25. The Balaban J connectivity index is 2.84. The Labute approximate surface area is 129 Å². The summed E-state index contributed by atoms with van der Waals surface area (Å²) in [5.74, 6) is 0.403. The van der Waals surface area contributed by atoms with Crippen molar-refractivity contribution in [2.75, 3.05) is 13.1 Å². The molecule has 0 atom stereocenters. The van der Waals surface area contributed by atoms with Crippen LogP contribution in [0.15, 0.2) is 17.2 Å². The van der Waals surface area contributed by atoms with Gasteiger partial charge in [0.25, 0.3) is 0 Å². The summed E-state index contributed by atoms with van der Waals surface area (Å²) in [6.07, 6.45) is 1.66. The van der Waals surface area contributed by atoms with Crippen LogP contribution in [-0.4, -0.2) is 26.1 Å². The number of aryl methyl sites for hydroxylation is 1. The summed E-state index contributed by atoms with van der Waals surface area (Å²) in [4.78, 5) is 0.331. The van der Waals surface area contributed by atoms with Gasteiger partial charge in [-0.3, -0.25) is 0 Å². The molecule has 0 radical (unpaired) electrons. The minimum atomic E-state index is -3.45. The predicted octanol–water partition coefficient (Wildman–Crippen LogP) is 2.10. The molecule has 122 valence electrons. The highest BCUT2D eigenvalue weighted by Gasteiger charge is 2.26. The second kappa shape index (κ2) is 6.94. The topological polar surface area (TPSA) is 63.1 Å². The lowest BCUT2D eigenvalue weighted by molar-refractivity contribution is 0.252. The van der Waals surface area contributed by atoms with E-state index in [2.05, 4.69) is 37.7 Å². The van der Waals surface area contributed by atoms with Crippen LogP contribution in [-0.2, 0) is 23.6 Å². The van der Waals surface area contributed by atoms with E-state index in [0.717, 1.165) is 12.2 Å². The molecule has 0 aromatic carbocycles. The van der Waals surface area contributed by atoms with E-state index in [4.69, 9.17) is 0 Å².